The summed E-state index contributed by atoms with van der Waals surface area (Å²) in [4.78, 5) is 0. The summed E-state index contributed by atoms with van der Waals surface area (Å²) in [5.74, 6) is 2.36. The lowest BCUT2D eigenvalue weighted by atomic mass is 10.1. The van der Waals surface area contributed by atoms with Gasteiger partial charge in [-0.05, 0) is 19.4 Å². The molecule has 2 nitrogen and oxygen atoms in total. The molecule has 0 heterocycles. The molecule has 0 aliphatic rings. The first-order valence-corrected chi connectivity index (χ1v) is 8.05. The van der Waals surface area contributed by atoms with Crippen LogP contribution < -0.4 is 11.5 Å². The molecule has 0 aliphatic heterocycles. The van der Waals surface area contributed by atoms with Gasteiger partial charge in [0.05, 0.1) is 0 Å². The maximum absolute atomic E-state index is 5.42. The van der Waals surface area contributed by atoms with E-state index in [1.54, 1.807) is 0 Å². The molecule has 0 aromatic heterocycles. The van der Waals surface area contributed by atoms with Gasteiger partial charge in [0, 0.05) is 18.1 Å². The molecular formula is C10H26Cl2N2S2. The van der Waals surface area contributed by atoms with Crippen molar-refractivity contribution in [1.82, 2.24) is 0 Å². The molecule has 4 N–H and O–H groups in total. The van der Waals surface area contributed by atoms with Gasteiger partial charge in [-0.2, -0.15) is 0 Å². The molecule has 6 heteroatoms. The maximum Gasteiger partial charge on any atom is 0.0160 e. The van der Waals surface area contributed by atoms with Crippen LogP contribution in [-0.4, -0.2) is 24.6 Å². The van der Waals surface area contributed by atoms with Crippen LogP contribution >= 0.6 is 46.4 Å². The zero-order valence-corrected chi connectivity index (χ0v) is 13.1. The smallest absolute Gasteiger partial charge is 0.0160 e. The highest BCUT2D eigenvalue weighted by Crippen LogP contribution is 2.22. The van der Waals surface area contributed by atoms with Crippen molar-refractivity contribution < 1.29 is 0 Å². The van der Waals surface area contributed by atoms with Gasteiger partial charge in [0.25, 0.3) is 0 Å². The molecule has 0 radical (unpaired) electrons. The number of hydrogen-bond acceptors (Lipinski definition) is 4. The van der Waals surface area contributed by atoms with Gasteiger partial charge < -0.3 is 11.5 Å². The Morgan fingerprint density at radius 3 is 1.62 bits per heavy atom. The molecule has 0 amide bonds. The Labute approximate surface area is 121 Å². The number of nitrogens with two attached hydrogens (primary N) is 2. The second kappa shape index (κ2) is 21.5. The minimum absolute atomic E-state index is 0. The van der Waals surface area contributed by atoms with Gasteiger partial charge in [-0.15, -0.1) is 24.8 Å². The molecule has 0 bridgehead atoms. The van der Waals surface area contributed by atoms with E-state index in [9.17, 15) is 0 Å². The molecule has 0 spiro atoms. The molecule has 0 saturated carbocycles. The van der Waals surface area contributed by atoms with Crippen molar-refractivity contribution in [1.29, 1.82) is 0 Å². The molecular weight excluding hydrogens is 283 g/mol. The average molecular weight is 309 g/mol. The average Bonchev–Trinajstić information content (AvgIpc) is 2.21. The van der Waals surface area contributed by atoms with Gasteiger partial charge >= 0.3 is 0 Å². The molecule has 0 rings (SSSR count). The summed E-state index contributed by atoms with van der Waals surface area (Å²) < 4.78 is 0. The van der Waals surface area contributed by atoms with Crippen LogP contribution in [-0.2, 0) is 0 Å². The van der Waals surface area contributed by atoms with Gasteiger partial charge in [-0.25, -0.2) is 0 Å². The van der Waals surface area contributed by atoms with Gasteiger partial charge in [0.15, 0.2) is 0 Å². The number of unbranched alkanes of at least 4 members (excludes halogenated alkanes) is 5. The van der Waals surface area contributed by atoms with Crippen molar-refractivity contribution in [3.63, 3.8) is 0 Å². The van der Waals surface area contributed by atoms with Gasteiger partial charge in [0.1, 0.15) is 0 Å². The standard InChI is InChI=1S/C10H24N2S2.2ClH/c11-7-5-3-1-2-4-6-9-13-14-10-8-12;;/h1-12H2;2*1H. The third kappa shape index (κ3) is 20.6. The summed E-state index contributed by atoms with van der Waals surface area (Å²) in [6, 6.07) is 0. The van der Waals surface area contributed by atoms with E-state index in [-0.39, 0.29) is 24.8 Å². The summed E-state index contributed by atoms with van der Waals surface area (Å²) in [5, 5.41) is 0. The third-order valence-corrected chi connectivity index (χ3v) is 4.49. The minimum Gasteiger partial charge on any atom is -0.330 e. The van der Waals surface area contributed by atoms with E-state index in [0.717, 1.165) is 18.8 Å². The summed E-state index contributed by atoms with van der Waals surface area (Å²) in [6.45, 7) is 1.66. The van der Waals surface area contributed by atoms with Crippen LogP contribution in [0.1, 0.15) is 38.5 Å². The summed E-state index contributed by atoms with van der Waals surface area (Å²) in [6.07, 6.45) is 7.97. The monoisotopic (exact) mass is 308 g/mol. The highest BCUT2D eigenvalue weighted by molar-refractivity contribution is 8.76. The molecule has 16 heavy (non-hydrogen) atoms. The highest BCUT2D eigenvalue weighted by atomic mass is 35.5. The van der Waals surface area contributed by atoms with Crippen molar-refractivity contribution >= 4 is 46.4 Å². The fourth-order valence-electron chi connectivity index (χ4n) is 1.18. The third-order valence-electron chi connectivity index (χ3n) is 1.97. The lowest BCUT2D eigenvalue weighted by Crippen LogP contribution is -1.99. The van der Waals surface area contributed by atoms with Gasteiger partial charge in [-0.3, -0.25) is 0 Å². The number of rotatable bonds is 11. The van der Waals surface area contributed by atoms with Crippen LogP contribution in [0, 0.1) is 0 Å². The summed E-state index contributed by atoms with van der Waals surface area (Å²) in [5.41, 5.74) is 10.8. The molecule has 0 unspecified atom stereocenters. The molecule has 0 aliphatic carbocycles. The highest BCUT2D eigenvalue weighted by Gasteiger charge is 1.92. The molecule has 0 aromatic rings. The summed E-state index contributed by atoms with van der Waals surface area (Å²) in [7, 11) is 3.86. The van der Waals surface area contributed by atoms with Crippen molar-refractivity contribution in [2.75, 3.05) is 24.6 Å². The van der Waals surface area contributed by atoms with Crippen LogP contribution in [0.4, 0.5) is 0 Å². The van der Waals surface area contributed by atoms with Crippen LogP contribution in [0.2, 0.25) is 0 Å². The molecule has 0 atom stereocenters. The van der Waals surface area contributed by atoms with E-state index in [1.165, 1.54) is 44.3 Å². The Kier molecular flexibility index (Phi) is 30.1. The zero-order valence-electron chi connectivity index (χ0n) is 9.86. The minimum atomic E-state index is 0. The number of hydrogen-bond donors (Lipinski definition) is 2. The zero-order chi connectivity index (χ0) is 10.5. The van der Waals surface area contributed by atoms with E-state index in [4.69, 9.17) is 11.5 Å². The van der Waals surface area contributed by atoms with Crippen molar-refractivity contribution in [2.45, 2.75) is 38.5 Å². The van der Waals surface area contributed by atoms with Crippen molar-refractivity contribution in [3.05, 3.63) is 0 Å². The molecule has 102 valence electrons. The van der Waals surface area contributed by atoms with E-state index in [1.807, 2.05) is 21.6 Å². The fraction of sp³-hybridized carbons (Fsp3) is 1.00. The first-order valence-electron chi connectivity index (χ1n) is 5.56. The molecule has 0 saturated heterocycles. The number of halogens is 2. The second-order valence-corrected chi connectivity index (χ2v) is 6.04. The predicted octanol–water partition coefficient (Wildman–Crippen LogP) is 3.47. The Bertz CT molecular complexity index is 98.8. The van der Waals surface area contributed by atoms with Crippen LogP contribution in [0.5, 0.6) is 0 Å². The van der Waals surface area contributed by atoms with E-state index in [0.29, 0.717) is 0 Å². The first kappa shape index (κ1) is 22.4. The SMILES string of the molecule is Cl.Cl.NCCCCCCCCSSCCN. The normalized spacial score (nSPS) is 9.38. The second-order valence-electron chi connectivity index (χ2n) is 3.34. The lowest BCUT2D eigenvalue weighted by molar-refractivity contribution is 0.614. The first-order chi connectivity index (χ1) is 6.91. The van der Waals surface area contributed by atoms with Crippen molar-refractivity contribution in [2.24, 2.45) is 11.5 Å². The summed E-state index contributed by atoms with van der Waals surface area (Å²) >= 11 is 0. The maximum atomic E-state index is 5.42. The topological polar surface area (TPSA) is 52.0 Å². The van der Waals surface area contributed by atoms with Crippen LogP contribution in [0.3, 0.4) is 0 Å². The quantitative estimate of drug-likeness (QED) is 0.453. The van der Waals surface area contributed by atoms with Crippen molar-refractivity contribution in [3.8, 4) is 0 Å². The van der Waals surface area contributed by atoms with Gasteiger partial charge in [0.2, 0.25) is 0 Å². The Morgan fingerprint density at radius 2 is 1.06 bits per heavy atom. The lowest BCUT2D eigenvalue weighted by Gasteiger charge is -2.01. The molecule has 0 aromatic carbocycles. The largest absolute Gasteiger partial charge is 0.330 e. The predicted molar refractivity (Wildman–Crippen MR) is 85.2 cm³/mol. The van der Waals surface area contributed by atoms with E-state index >= 15 is 0 Å². The van der Waals surface area contributed by atoms with Crippen LogP contribution in [0.15, 0.2) is 0 Å². The Morgan fingerprint density at radius 1 is 0.562 bits per heavy atom. The van der Waals surface area contributed by atoms with E-state index < -0.39 is 0 Å². The Balaban J connectivity index is -0.000000845. The van der Waals surface area contributed by atoms with E-state index in [2.05, 4.69) is 0 Å². The molecule has 0 fully saturated rings. The van der Waals surface area contributed by atoms with Crippen LogP contribution in [0.25, 0.3) is 0 Å². The Hall–Kier alpha value is 1.20. The fourth-order valence-corrected chi connectivity index (χ4v) is 3.18. The van der Waals surface area contributed by atoms with Gasteiger partial charge in [-0.1, -0.05) is 47.3 Å².